The number of hydrogen-bond donors (Lipinski definition) is 2. The first-order chi connectivity index (χ1) is 8.21. The fraction of sp³-hybridized carbons (Fsp3) is 0.182. The fourth-order valence-electron chi connectivity index (χ4n) is 1.23. The van der Waals surface area contributed by atoms with Crippen LogP contribution in [-0.2, 0) is 13.1 Å². The number of rotatable bonds is 5. The van der Waals surface area contributed by atoms with Gasteiger partial charge in [-0.2, -0.15) is 0 Å². The minimum atomic E-state index is -0.403. The summed E-state index contributed by atoms with van der Waals surface area (Å²) in [6.07, 6.45) is 0. The maximum absolute atomic E-state index is 10.2. The van der Waals surface area contributed by atoms with Crippen molar-refractivity contribution >= 4 is 11.7 Å². The molecule has 0 heterocycles. The van der Waals surface area contributed by atoms with Crippen LogP contribution in [0.2, 0.25) is 0 Å². The molecule has 0 aliphatic rings. The summed E-state index contributed by atoms with van der Waals surface area (Å²) >= 11 is 0. The molecular formula is C11H12N5O-. The molecule has 0 aliphatic carbocycles. The Labute approximate surface area is 98.5 Å². The van der Waals surface area contributed by atoms with Gasteiger partial charge in [0.2, 0.25) is 0 Å². The van der Waals surface area contributed by atoms with Gasteiger partial charge in [-0.05, 0) is 16.3 Å². The maximum Gasteiger partial charge on any atom is 0.168 e. The van der Waals surface area contributed by atoms with Gasteiger partial charge in [0.25, 0.3) is 0 Å². The highest BCUT2D eigenvalue weighted by molar-refractivity contribution is 6.04. The lowest BCUT2D eigenvalue weighted by atomic mass is 10.1. The third-order valence-corrected chi connectivity index (χ3v) is 2.10. The van der Waals surface area contributed by atoms with Crippen LogP contribution in [0.5, 0.6) is 0 Å². The summed E-state index contributed by atoms with van der Waals surface area (Å²) in [6.45, 7) is 0.721. The first-order valence-electron chi connectivity index (χ1n) is 4.90. The van der Waals surface area contributed by atoms with Gasteiger partial charge in [-0.3, -0.25) is 4.99 Å². The quantitative estimate of drug-likeness (QED) is 0.444. The molecule has 0 atom stereocenters. The molecule has 6 heteroatoms. The zero-order chi connectivity index (χ0) is 12.7. The molecule has 88 valence electrons. The van der Waals surface area contributed by atoms with E-state index >= 15 is 0 Å². The second kappa shape index (κ2) is 6.32. The molecule has 6 nitrogen and oxygen atoms in total. The molecule has 0 amide bonds. The first-order valence-corrected chi connectivity index (χ1v) is 4.90. The fourth-order valence-corrected chi connectivity index (χ4v) is 1.23. The summed E-state index contributed by atoms with van der Waals surface area (Å²) in [7, 11) is 0. The van der Waals surface area contributed by atoms with E-state index in [0.717, 1.165) is 11.1 Å². The van der Waals surface area contributed by atoms with Crippen molar-refractivity contribution in [3.63, 3.8) is 0 Å². The van der Waals surface area contributed by atoms with E-state index in [0.29, 0.717) is 6.54 Å². The van der Waals surface area contributed by atoms with Crippen LogP contribution in [0, 0.1) is 4.91 Å². The third-order valence-electron chi connectivity index (χ3n) is 2.10. The highest BCUT2D eigenvalue weighted by Crippen LogP contribution is 2.06. The van der Waals surface area contributed by atoms with Gasteiger partial charge in [-0.15, -0.1) is 4.91 Å². The van der Waals surface area contributed by atoms with E-state index in [4.69, 9.17) is 16.9 Å². The Hall–Kier alpha value is -2.30. The van der Waals surface area contributed by atoms with Gasteiger partial charge in [0.05, 0.1) is 6.54 Å². The molecule has 0 fully saturated rings. The number of amidine groups is 1. The lowest BCUT2D eigenvalue weighted by Crippen LogP contribution is -2.14. The van der Waals surface area contributed by atoms with Gasteiger partial charge in [0.15, 0.2) is 11.5 Å². The van der Waals surface area contributed by atoms with Crippen molar-refractivity contribution in [1.29, 1.82) is 0 Å². The van der Waals surface area contributed by atoms with Crippen LogP contribution in [-0.4, -0.2) is 11.7 Å². The molecule has 0 radical (unpaired) electrons. The van der Waals surface area contributed by atoms with E-state index in [2.05, 4.69) is 10.2 Å². The molecular weight excluding hydrogens is 218 g/mol. The predicted octanol–water partition coefficient (Wildman–Crippen LogP) is 0.892. The predicted molar refractivity (Wildman–Crippen MR) is 67.3 cm³/mol. The number of nitroso groups, excluding NO2 is 1. The zero-order valence-corrected chi connectivity index (χ0v) is 9.13. The molecule has 1 aromatic carbocycles. The van der Waals surface area contributed by atoms with Crippen molar-refractivity contribution in [2.24, 2.45) is 21.6 Å². The van der Waals surface area contributed by atoms with Gasteiger partial charge in [-0.25, -0.2) is 5.87 Å². The summed E-state index contributed by atoms with van der Waals surface area (Å²) in [5.74, 6) is 1.42. The van der Waals surface area contributed by atoms with E-state index in [-0.39, 0.29) is 12.4 Å². The second-order valence-electron chi connectivity index (χ2n) is 3.28. The molecule has 0 aliphatic heterocycles. The normalized spacial score (nSPS) is 10.8. The topological polar surface area (TPSA) is 116 Å². The van der Waals surface area contributed by atoms with Crippen molar-refractivity contribution in [3.05, 3.63) is 51.4 Å². The monoisotopic (exact) mass is 230 g/mol. The van der Waals surface area contributed by atoms with E-state index in [1.807, 2.05) is 24.3 Å². The summed E-state index contributed by atoms with van der Waals surface area (Å²) < 4.78 is 0. The van der Waals surface area contributed by atoms with Crippen LogP contribution in [0.25, 0.3) is 5.41 Å². The van der Waals surface area contributed by atoms with Crippen LogP contribution >= 0.6 is 0 Å². The Morgan fingerprint density at radius 1 is 1.41 bits per heavy atom. The number of hydrogen-bond acceptors (Lipinski definition) is 4. The molecule has 0 saturated carbocycles. The average Bonchev–Trinajstić information content (AvgIpc) is 2.38. The minimum Gasteiger partial charge on any atom is -0.761 e. The second-order valence-corrected chi connectivity index (χ2v) is 3.28. The highest BCUT2D eigenvalue weighted by Gasteiger charge is 2.00. The minimum absolute atomic E-state index is 0.152. The first kappa shape index (κ1) is 12.8. The summed E-state index contributed by atoms with van der Waals surface area (Å²) in [4.78, 5) is 14.1. The van der Waals surface area contributed by atoms with Gasteiger partial charge in [0, 0.05) is 6.54 Å². The van der Waals surface area contributed by atoms with Crippen molar-refractivity contribution in [3.8, 4) is 0 Å². The molecule has 0 spiro atoms. The molecule has 0 unspecified atom stereocenters. The van der Waals surface area contributed by atoms with E-state index in [1.54, 1.807) is 5.87 Å². The number of nitrogens with zero attached hydrogens (tertiary/aromatic N) is 3. The summed E-state index contributed by atoms with van der Waals surface area (Å²) in [6, 6.07) is 7.50. The standard InChI is InChI=1S/C11H12N5O/c12-5-8-2-1-3-9(4-8)7-15-11(14)10(6-13)16-17/h1-4H,5,7,12H2,(H2,14,15)/q-1. The van der Waals surface area contributed by atoms with Crippen molar-refractivity contribution < 1.29 is 0 Å². The summed E-state index contributed by atoms with van der Waals surface area (Å²) in [5, 5.41) is 11.0. The Kier molecular flexibility index (Phi) is 4.75. The van der Waals surface area contributed by atoms with Crippen LogP contribution in [0.15, 0.2) is 40.1 Å². The van der Waals surface area contributed by atoms with E-state index in [1.165, 1.54) is 0 Å². The van der Waals surface area contributed by atoms with E-state index in [9.17, 15) is 4.91 Å². The number of nitrogens with two attached hydrogens (primary N) is 2. The number of aliphatic imine (C=N–C) groups is 1. The van der Waals surface area contributed by atoms with Gasteiger partial charge in [-0.1, -0.05) is 24.3 Å². The Morgan fingerprint density at radius 3 is 2.71 bits per heavy atom. The largest absolute Gasteiger partial charge is 0.761 e. The SMILES string of the molecule is [N-]=C=C(N=O)C(N)=NCc1cccc(CN)c1. The average molecular weight is 230 g/mol. The summed E-state index contributed by atoms with van der Waals surface area (Å²) in [5.41, 5.74) is 12.4. The Balaban J connectivity index is 2.81. The highest BCUT2D eigenvalue weighted by atomic mass is 16.3. The van der Waals surface area contributed by atoms with Crippen molar-refractivity contribution in [1.82, 2.24) is 0 Å². The molecule has 0 saturated heterocycles. The molecule has 1 rings (SSSR count). The van der Waals surface area contributed by atoms with Crippen LogP contribution in [0.3, 0.4) is 0 Å². The van der Waals surface area contributed by atoms with Crippen molar-refractivity contribution in [2.75, 3.05) is 0 Å². The van der Waals surface area contributed by atoms with E-state index < -0.39 is 5.70 Å². The molecule has 17 heavy (non-hydrogen) atoms. The Morgan fingerprint density at radius 2 is 2.12 bits per heavy atom. The van der Waals surface area contributed by atoms with Gasteiger partial charge in [0.1, 0.15) is 0 Å². The smallest absolute Gasteiger partial charge is 0.168 e. The van der Waals surface area contributed by atoms with Gasteiger partial charge >= 0.3 is 0 Å². The molecule has 0 aromatic heterocycles. The molecule has 1 aromatic rings. The van der Waals surface area contributed by atoms with Crippen molar-refractivity contribution in [2.45, 2.75) is 13.1 Å². The van der Waals surface area contributed by atoms with Crippen LogP contribution < -0.4 is 11.5 Å². The maximum atomic E-state index is 10.2. The molecule has 4 N–H and O–H groups in total. The third kappa shape index (κ3) is 3.64. The van der Waals surface area contributed by atoms with Crippen LogP contribution in [0.1, 0.15) is 11.1 Å². The zero-order valence-electron chi connectivity index (χ0n) is 9.13. The van der Waals surface area contributed by atoms with Gasteiger partial charge < -0.3 is 16.9 Å². The lowest BCUT2D eigenvalue weighted by molar-refractivity contribution is 1.02. The van der Waals surface area contributed by atoms with Crippen LogP contribution in [0.4, 0.5) is 0 Å². The molecule has 0 bridgehead atoms. The lowest BCUT2D eigenvalue weighted by Gasteiger charge is -2.01. The Bertz CT molecular complexity index is 488. The number of benzene rings is 1.